The molecule has 0 unspecified atom stereocenters. The van der Waals surface area contributed by atoms with Gasteiger partial charge in [-0.15, -0.1) is 0 Å². The number of hydrogen-bond acceptors (Lipinski definition) is 10. The van der Waals surface area contributed by atoms with Gasteiger partial charge in [-0.1, -0.05) is 26.0 Å². The van der Waals surface area contributed by atoms with Gasteiger partial charge in [-0.25, -0.2) is 14.4 Å². The number of urea groups is 1. The Morgan fingerprint density at radius 1 is 0.891 bits per heavy atom. The number of carbonyl (C=O) groups excluding carboxylic acids is 7. The minimum absolute atomic E-state index is 0.0717. The molecule has 254 valence electrons. The maximum Gasteiger partial charge on any atom is 0.408 e. The number of alkyl carbamates (subject to hydrolysis) is 1. The van der Waals surface area contributed by atoms with E-state index in [9.17, 15) is 33.6 Å². The van der Waals surface area contributed by atoms with Crippen LogP contribution in [0.25, 0.3) is 0 Å². The molecule has 0 saturated carbocycles. The number of hydrogen-bond donors (Lipinski definition) is 7. The molecule has 0 aromatic heterocycles. The van der Waals surface area contributed by atoms with Crippen molar-refractivity contribution in [1.82, 2.24) is 21.3 Å². The van der Waals surface area contributed by atoms with Gasteiger partial charge in [-0.3, -0.25) is 19.2 Å². The van der Waals surface area contributed by atoms with Gasteiger partial charge in [0.1, 0.15) is 24.7 Å². The Bertz CT molecular complexity index is 1240. The van der Waals surface area contributed by atoms with Gasteiger partial charge in [-0.05, 0) is 56.7 Å². The van der Waals surface area contributed by atoms with E-state index in [-0.39, 0.29) is 38.3 Å². The van der Waals surface area contributed by atoms with Crippen molar-refractivity contribution in [2.45, 2.75) is 91.1 Å². The summed E-state index contributed by atoms with van der Waals surface area (Å²) in [5, 5.41) is 19.8. The molecule has 0 aliphatic rings. The molecular formula is C30H45N7O9. The molecule has 1 aromatic rings. The molecule has 0 aliphatic carbocycles. The van der Waals surface area contributed by atoms with E-state index in [0.29, 0.717) is 23.9 Å². The maximum absolute atomic E-state index is 13.2. The van der Waals surface area contributed by atoms with Gasteiger partial charge in [0, 0.05) is 25.6 Å². The van der Waals surface area contributed by atoms with E-state index in [4.69, 9.17) is 20.6 Å². The van der Waals surface area contributed by atoms with Gasteiger partial charge in [-0.2, -0.15) is 0 Å². The average Bonchev–Trinajstić information content (AvgIpc) is 2.97. The quantitative estimate of drug-likeness (QED) is 0.0648. The van der Waals surface area contributed by atoms with E-state index in [1.807, 2.05) is 0 Å². The maximum atomic E-state index is 13.2. The zero-order chi connectivity index (χ0) is 34.8. The molecule has 8 N–H and O–H groups in total. The van der Waals surface area contributed by atoms with E-state index in [1.165, 1.54) is 6.92 Å². The smallest absolute Gasteiger partial charge is 0.408 e. The van der Waals surface area contributed by atoms with Gasteiger partial charge in [0.05, 0.1) is 12.3 Å². The summed E-state index contributed by atoms with van der Waals surface area (Å²) in [6.07, 6.45) is -0.474. The van der Waals surface area contributed by atoms with E-state index >= 15 is 0 Å². The van der Waals surface area contributed by atoms with Crippen LogP contribution in [0.4, 0.5) is 15.3 Å². The van der Waals surface area contributed by atoms with E-state index < -0.39 is 65.8 Å². The number of primary amides is 1. The minimum atomic E-state index is -1.15. The number of Topliss-reactive ketones (excluding diaryl/α,β-unsaturated/α-hetero) is 1. The highest BCUT2D eigenvalue weighted by molar-refractivity contribution is 6.26. The number of nitrogens with two attached hydrogens (primary N) is 1. The van der Waals surface area contributed by atoms with Crippen LogP contribution in [0.1, 0.15) is 65.9 Å². The number of amides is 6. The Labute approximate surface area is 267 Å². The molecule has 1 rings (SSSR count). The number of ketones is 1. The molecule has 0 heterocycles. The second-order valence-electron chi connectivity index (χ2n) is 11.0. The van der Waals surface area contributed by atoms with Crippen LogP contribution < -0.4 is 32.3 Å². The highest BCUT2D eigenvalue weighted by atomic mass is 16.6. The standard InChI is InChI=1S/C30H45N7O9/c1-17(2)25(34-19(5)38)27(41)36-23(7-6-14-33-29(32)43)26(40)35-21-10-8-20(9-11-21)16-45-30(44)37-24(13-12-22(39)15-31)28(42)46-18(3)4/h8-11,15,17-18,23-25,31H,6-7,12-14,16H2,1-5H3,(H,34,38)(H,35,40)(H,36,41)(H,37,44)(H3,32,33,43)/t23-,24-,25-/m0/s1. The first-order chi connectivity index (χ1) is 21.6. The second kappa shape index (κ2) is 20.1. The topological polar surface area (TPSA) is 248 Å². The zero-order valence-electron chi connectivity index (χ0n) is 26.8. The van der Waals surface area contributed by atoms with Crippen molar-refractivity contribution < 1.29 is 43.0 Å². The van der Waals surface area contributed by atoms with Gasteiger partial charge in [0.15, 0.2) is 5.78 Å². The first-order valence-corrected chi connectivity index (χ1v) is 14.8. The molecule has 0 bridgehead atoms. The summed E-state index contributed by atoms with van der Waals surface area (Å²) in [5.41, 5.74) is 6.01. The Morgan fingerprint density at radius 2 is 1.54 bits per heavy atom. The third-order valence-electron chi connectivity index (χ3n) is 6.27. The molecule has 0 saturated heterocycles. The molecule has 3 atom stereocenters. The highest BCUT2D eigenvalue weighted by Crippen LogP contribution is 2.13. The summed E-state index contributed by atoms with van der Waals surface area (Å²) in [6, 6.07) is 2.55. The summed E-state index contributed by atoms with van der Waals surface area (Å²) >= 11 is 0. The zero-order valence-corrected chi connectivity index (χ0v) is 26.8. The van der Waals surface area contributed by atoms with Crippen LogP contribution in [-0.4, -0.2) is 78.6 Å². The number of esters is 1. The second-order valence-corrected chi connectivity index (χ2v) is 11.0. The van der Waals surface area contributed by atoms with Crippen LogP contribution in [0.5, 0.6) is 0 Å². The Balaban J connectivity index is 2.86. The number of ether oxygens (including phenoxy) is 2. The van der Waals surface area contributed by atoms with Crippen molar-refractivity contribution in [1.29, 1.82) is 5.41 Å². The first kappa shape index (κ1) is 39.0. The van der Waals surface area contributed by atoms with Crippen LogP contribution in [0.2, 0.25) is 0 Å². The normalized spacial score (nSPS) is 12.6. The largest absolute Gasteiger partial charge is 0.461 e. The summed E-state index contributed by atoms with van der Waals surface area (Å²) < 4.78 is 10.3. The lowest BCUT2D eigenvalue weighted by molar-refractivity contribution is -0.150. The van der Waals surface area contributed by atoms with Crippen LogP contribution in [0, 0.1) is 11.3 Å². The number of carbonyl (C=O) groups is 7. The van der Waals surface area contributed by atoms with Gasteiger partial charge in [0.25, 0.3) is 0 Å². The molecule has 0 aliphatic heterocycles. The fourth-order valence-corrected chi connectivity index (χ4v) is 3.97. The number of nitrogens with one attached hydrogen (secondary N) is 6. The van der Waals surface area contributed by atoms with Gasteiger partial charge in [0.2, 0.25) is 17.7 Å². The third-order valence-corrected chi connectivity index (χ3v) is 6.27. The molecule has 0 fully saturated rings. The number of rotatable bonds is 19. The highest BCUT2D eigenvalue weighted by Gasteiger charge is 2.28. The molecule has 0 radical (unpaired) electrons. The van der Waals surface area contributed by atoms with Crippen molar-refractivity contribution in [2.75, 3.05) is 11.9 Å². The third kappa shape index (κ3) is 15.6. The molecule has 1 aromatic carbocycles. The number of anilines is 1. The van der Waals surface area contributed by atoms with E-state index in [0.717, 1.165) is 0 Å². The lowest BCUT2D eigenvalue weighted by Gasteiger charge is -2.25. The number of benzene rings is 1. The lowest BCUT2D eigenvalue weighted by atomic mass is 10.0. The van der Waals surface area contributed by atoms with Crippen molar-refractivity contribution >= 4 is 53.5 Å². The summed E-state index contributed by atoms with van der Waals surface area (Å²) in [6.45, 7) is 8.06. The van der Waals surface area contributed by atoms with Crippen LogP contribution in [0.3, 0.4) is 0 Å². The van der Waals surface area contributed by atoms with E-state index in [1.54, 1.807) is 52.0 Å². The molecular weight excluding hydrogens is 602 g/mol. The minimum Gasteiger partial charge on any atom is -0.461 e. The first-order valence-electron chi connectivity index (χ1n) is 14.8. The summed E-state index contributed by atoms with van der Waals surface area (Å²) in [5.74, 6) is -2.98. The predicted octanol–water partition coefficient (Wildman–Crippen LogP) is 1.26. The van der Waals surface area contributed by atoms with Crippen molar-refractivity contribution in [3.8, 4) is 0 Å². The van der Waals surface area contributed by atoms with Gasteiger partial charge < -0.3 is 47.2 Å². The summed E-state index contributed by atoms with van der Waals surface area (Å²) in [4.78, 5) is 84.9. The van der Waals surface area contributed by atoms with Crippen LogP contribution in [-0.2, 0) is 40.1 Å². The predicted molar refractivity (Wildman–Crippen MR) is 168 cm³/mol. The fourth-order valence-electron chi connectivity index (χ4n) is 3.97. The molecule has 46 heavy (non-hydrogen) atoms. The SMILES string of the molecule is CC(=O)N[C@H](C(=O)N[C@@H](CCCNC(N)=O)C(=O)Nc1ccc(COC(=O)N[C@@H](CCC(=O)C=N)C(=O)OC(C)C)cc1)C(C)C. The van der Waals surface area contributed by atoms with Crippen LogP contribution >= 0.6 is 0 Å². The fraction of sp³-hybridized carbons (Fsp3) is 0.533. The molecule has 6 amide bonds. The van der Waals surface area contributed by atoms with E-state index in [2.05, 4.69) is 26.6 Å². The van der Waals surface area contributed by atoms with Crippen molar-refractivity contribution in [3.05, 3.63) is 29.8 Å². The molecule has 0 spiro atoms. The Morgan fingerprint density at radius 3 is 2.09 bits per heavy atom. The summed E-state index contributed by atoms with van der Waals surface area (Å²) in [7, 11) is 0. The van der Waals surface area contributed by atoms with Crippen LogP contribution in [0.15, 0.2) is 24.3 Å². The van der Waals surface area contributed by atoms with Crippen molar-refractivity contribution in [3.63, 3.8) is 0 Å². The molecule has 16 nitrogen and oxygen atoms in total. The van der Waals surface area contributed by atoms with Gasteiger partial charge >= 0.3 is 18.1 Å². The Hall–Kier alpha value is -5.02. The monoisotopic (exact) mass is 647 g/mol. The molecule has 16 heteroatoms. The Kier molecular flexibility index (Phi) is 17.0. The average molecular weight is 648 g/mol. The van der Waals surface area contributed by atoms with Crippen molar-refractivity contribution in [2.24, 2.45) is 11.7 Å². The lowest BCUT2D eigenvalue weighted by Crippen LogP contribution is -2.54.